The fourth-order valence-electron chi connectivity index (χ4n) is 3.81. The molecule has 0 bridgehead atoms. The molecule has 0 atom stereocenters. The van der Waals surface area contributed by atoms with E-state index < -0.39 is 0 Å². The Morgan fingerprint density at radius 1 is 0.943 bits per heavy atom. The van der Waals surface area contributed by atoms with Crippen molar-refractivity contribution in [2.75, 3.05) is 0 Å². The van der Waals surface area contributed by atoms with Crippen LogP contribution >= 0.6 is 0 Å². The molecule has 191 valence electrons. The van der Waals surface area contributed by atoms with Crippen LogP contribution in [0.25, 0.3) is 22.2 Å². The van der Waals surface area contributed by atoms with Crippen LogP contribution in [0.3, 0.4) is 0 Å². The third kappa shape index (κ3) is 10.5. The van der Waals surface area contributed by atoms with E-state index in [4.69, 9.17) is 4.98 Å². The minimum Gasteiger partial charge on any atom is -0.512 e. The summed E-state index contributed by atoms with van der Waals surface area (Å²) in [5, 5.41) is 10.5. The predicted octanol–water partition coefficient (Wildman–Crippen LogP) is 8.53. The quantitative estimate of drug-likeness (QED) is 0.158. The van der Waals surface area contributed by atoms with Crippen molar-refractivity contribution in [2.24, 2.45) is 11.8 Å². The van der Waals surface area contributed by atoms with E-state index in [9.17, 15) is 9.90 Å². The maximum atomic E-state index is 11.2. The molecule has 4 heteroatoms. The van der Waals surface area contributed by atoms with Crippen LogP contribution in [0, 0.1) is 31.7 Å². The summed E-state index contributed by atoms with van der Waals surface area (Å²) in [5.41, 5.74) is 6.87. The number of aliphatic hydroxyl groups is 1. The second-order valence-corrected chi connectivity index (χ2v) is 10.4. The van der Waals surface area contributed by atoms with Gasteiger partial charge >= 0.3 is 0 Å². The second kappa shape index (κ2) is 14.3. The van der Waals surface area contributed by atoms with E-state index in [1.807, 2.05) is 27.7 Å². The summed E-state index contributed by atoms with van der Waals surface area (Å²) >= 11 is 0. The first kappa shape index (κ1) is 30.7. The molecule has 35 heavy (non-hydrogen) atoms. The van der Waals surface area contributed by atoms with Gasteiger partial charge in [0.2, 0.25) is 0 Å². The number of aliphatic hydroxyl groups excluding tert-OH is 1. The standard InChI is InChI=1S/C20H20N.C11H20O2.Ir/c1-13(2)16-5-7-19-17(12-16)6-8-20(21-19)18-10-14(3)9-15(4)11-18;1-8(2)5-10(12)7-11(13)6-9(3)4;/h5-10,12-13H,1-4H3;7-9,12H,5-6H2,1-4H3;/q-1;;. The molecule has 0 unspecified atom stereocenters. The largest absolute Gasteiger partial charge is 0.512 e. The summed E-state index contributed by atoms with van der Waals surface area (Å²) in [6, 6.07) is 18.5. The van der Waals surface area contributed by atoms with Gasteiger partial charge in [0.1, 0.15) is 0 Å². The van der Waals surface area contributed by atoms with E-state index in [0.29, 0.717) is 30.6 Å². The Morgan fingerprint density at radius 2 is 1.60 bits per heavy atom. The molecule has 1 N–H and O–H groups in total. The number of rotatable bonds is 7. The van der Waals surface area contributed by atoms with E-state index in [1.54, 1.807) is 0 Å². The Kier molecular flexibility index (Phi) is 12.6. The van der Waals surface area contributed by atoms with E-state index in [2.05, 4.69) is 76.2 Å². The summed E-state index contributed by atoms with van der Waals surface area (Å²) in [6.45, 7) is 16.6. The third-order valence-electron chi connectivity index (χ3n) is 5.36. The van der Waals surface area contributed by atoms with Crippen molar-refractivity contribution in [3.05, 3.63) is 77.1 Å². The Bertz CT molecular complexity index is 1130. The second-order valence-electron chi connectivity index (χ2n) is 10.4. The first-order valence-electron chi connectivity index (χ1n) is 12.3. The van der Waals surface area contributed by atoms with Crippen LogP contribution in [-0.4, -0.2) is 15.9 Å². The molecule has 0 aliphatic heterocycles. The van der Waals surface area contributed by atoms with Crippen LogP contribution in [0.2, 0.25) is 0 Å². The number of hydrogen-bond acceptors (Lipinski definition) is 3. The Labute approximate surface area is 225 Å². The van der Waals surface area contributed by atoms with Crippen LogP contribution in [0.4, 0.5) is 0 Å². The van der Waals surface area contributed by atoms with Gasteiger partial charge in [-0.1, -0.05) is 73.6 Å². The van der Waals surface area contributed by atoms with E-state index >= 15 is 0 Å². The van der Waals surface area contributed by atoms with Crippen LogP contribution in [0.1, 0.15) is 77.0 Å². The van der Waals surface area contributed by atoms with Gasteiger partial charge in [-0.05, 0) is 46.5 Å². The molecule has 0 saturated heterocycles. The van der Waals surface area contributed by atoms with Crippen LogP contribution in [0.5, 0.6) is 0 Å². The number of carbonyl (C=O) groups excluding carboxylic acids is 1. The number of allylic oxidation sites excluding steroid dienone is 2. The molecule has 0 fully saturated rings. The molecule has 0 spiro atoms. The number of aryl methyl sites for hydroxylation is 2. The van der Waals surface area contributed by atoms with Crippen molar-refractivity contribution in [1.29, 1.82) is 0 Å². The van der Waals surface area contributed by atoms with Gasteiger partial charge in [-0.3, -0.25) is 9.78 Å². The summed E-state index contributed by atoms with van der Waals surface area (Å²) in [4.78, 5) is 16.0. The average molecular weight is 651 g/mol. The van der Waals surface area contributed by atoms with Crippen molar-refractivity contribution in [3.8, 4) is 11.3 Å². The molecule has 1 aromatic heterocycles. The van der Waals surface area contributed by atoms with E-state index in [0.717, 1.165) is 22.3 Å². The van der Waals surface area contributed by atoms with Crippen molar-refractivity contribution >= 4 is 16.7 Å². The Hall–Kier alpha value is -2.29. The maximum absolute atomic E-state index is 11.2. The molecule has 0 amide bonds. The zero-order chi connectivity index (χ0) is 25.4. The monoisotopic (exact) mass is 651 g/mol. The van der Waals surface area contributed by atoms with Gasteiger partial charge in [0.15, 0.2) is 5.78 Å². The molecule has 0 aliphatic rings. The van der Waals surface area contributed by atoms with Crippen molar-refractivity contribution in [3.63, 3.8) is 0 Å². The van der Waals surface area contributed by atoms with Gasteiger partial charge in [0, 0.05) is 39.0 Å². The smallest absolute Gasteiger partial charge is 0.159 e. The fraction of sp³-hybridized carbons (Fsp3) is 0.419. The molecule has 0 aliphatic carbocycles. The first-order chi connectivity index (χ1) is 15.9. The number of nitrogens with zero attached hydrogens (tertiary/aromatic N) is 1. The van der Waals surface area contributed by atoms with Crippen LogP contribution in [-0.2, 0) is 24.9 Å². The predicted molar refractivity (Wildman–Crippen MR) is 144 cm³/mol. The number of hydrogen-bond donors (Lipinski definition) is 1. The topological polar surface area (TPSA) is 50.2 Å². The van der Waals surface area contributed by atoms with Gasteiger partial charge in [-0.15, -0.1) is 34.9 Å². The molecular formula is C31H40IrNO2-. The Balaban J connectivity index is 0.000000383. The molecule has 1 heterocycles. The van der Waals surface area contributed by atoms with Crippen LogP contribution < -0.4 is 0 Å². The number of carbonyl (C=O) groups is 1. The molecule has 3 nitrogen and oxygen atoms in total. The van der Waals surface area contributed by atoms with E-state index in [1.165, 1.54) is 22.6 Å². The summed E-state index contributed by atoms with van der Waals surface area (Å²) < 4.78 is 0. The number of benzene rings is 2. The van der Waals surface area contributed by atoms with Crippen molar-refractivity contribution in [1.82, 2.24) is 4.98 Å². The van der Waals surface area contributed by atoms with E-state index in [-0.39, 0.29) is 31.6 Å². The molecule has 3 aromatic rings. The van der Waals surface area contributed by atoms with Gasteiger partial charge in [0.25, 0.3) is 0 Å². The molecule has 0 saturated carbocycles. The summed E-state index contributed by atoms with van der Waals surface area (Å²) in [5.74, 6) is 1.52. The average Bonchev–Trinajstić information content (AvgIpc) is 2.71. The normalized spacial score (nSPS) is 11.5. The number of ketones is 1. The van der Waals surface area contributed by atoms with Crippen molar-refractivity contribution in [2.45, 2.75) is 74.1 Å². The zero-order valence-electron chi connectivity index (χ0n) is 22.4. The minimum absolute atomic E-state index is 0. The molecule has 3 rings (SSSR count). The van der Waals surface area contributed by atoms with Gasteiger partial charge in [-0.2, -0.15) is 0 Å². The number of pyridine rings is 1. The summed E-state index contributed by atoms with van der Waals surface area (Å²) in [6.07, 6.45) is 2.46. The first-order valence-corrected chi connectivity index (χ1v) is 12.3. The molecule has 1 radical (unpaired) electrons. The van der Waals surface area contributed by atoms with Gasteiger partial charge in [0.05, 0.1) is 11.3 Å². The molecule has 2 aromatic carbocycles. The van der Waals surface area contributed by atoms with Gasteiger partial charge in [-0.25, -0.2) is 0 Å². The van der Waals surface area contributed by atoms with Crippen LogP contribution in [0.15, 0.2) is 54.3 Å². The molecular weight excluding hydrogens is 611 g/mol. The zero-order valence-corrected chi connectivity index (χ0v) is 24.8. The number of aromatic nitrogens is 1. The summed E-state index contributed by atoms with van der Waals surface area (Å²) in [7, 11) is 0. The Morgan fingerprint density at radius 3 is 2.17 bits per heavy atom. The third-order valence-corrected chi connectivity index (χ3v) is 5.36. The maximum Gasteiger partial charge on any atom is 0.159 e. The SMILES string of the molecule is CC(C)CC(=O)C=C(O)CC(C)C.Cc1[c-]c(-c2ccc3cc(C(C)C)ccc3n2)cc(C)c1.[Ir]. The van der Waals surface area contributed by atoms with Crippen molar-refractivity contribution < 1.29 is 30.0 Å². The fourth-order valence-corrected chi connectivity index (χ4v) is 3.81. The van der Waals surface area contributed by atoms with Gasteiger partial charge < -0.3 is 5.11 Å². The number of fused-ring (bicyclic) bond motifs is 1. The minimum atomic E-state index is 0.